The third kappa shape index (κ3) is 5.05. The first-order valence-corrected chi connectivity index (χ1v) is 8.44. The summed E-state index contributed by atoms with van der Waals surface area (Å²) in [6.45, 7) is 3.96. The van der Waals surface area contributed by atoms with E-state index >= 15 is 0 Å². The van der Waals surface area contributed by atoms with Crippen LogP contribution in [-0.4, -0.2) is 35.2 Å². The third-order valence-corrected chi connectivity index (χ3v) is 3.95. The van der Waals surface area contributed by atoms with Gasteiger partial charge >= 0.3 is 0 Å². The molecule has 0 fully saturated rings. The second-order valence-electron chi connectivity index (χ2n) is 5.92. The molecule has 1 aromatic heterocycles. The Balaban J connectivity index is 1.49. The number of ether oxygens (including phenoxy) is 1. The Morgan fingerprint density at radius 3 is 2.72 bits per heavy atom. The van der Waals surface area contributed by atoms with Gasteiger partial charge in [0.25, 0.3) is 0 Å². The number of aromatic nitrogens is 2. The maximum absolute atomic E-state index is 5.99. The van der Waals surface area contributed by atoms with Gasteiger partial charge in [-0.25, -0.2) is 0 Å². The van der Waals surface area contributed by atoms with Crippen LogP contribution in [0.25, 0.3) is 11.4 Å². The van der Waals surface area contributed by atoms with Gasteiger partial charge in [0.05, 0.1) is 6.54 Å². The first-order valence-electron chi connectivity index (χ1n) is 8.07. The highest BCUT2D eigenvalue weighted by Gasteiger charge is 2.11. The SMILES string of the molecule is Cc1ccc(OCCN(C)Cc2nc(-c3cccc(Cl)c3)no2)cc1. The van der Waals surface area contributed by atoms with Gasteiger partial charge in [0.1, 0.15) is 12.4 Å². The Bertz CT molecular complexity index is 818. The molecular weight excluding hydrogens is 338 g/mol. The zero-order valence-electron chi connectivity index (χ0n) is 14.3. The lowest BCUT2D eigenvalue weighted by atomic mass is 10.2. The van der Waals surface area contributed by atoms with Gasteiger partial charge in [-0.3, -0.25) is 4.90 Å². The first kappa shape index (κ1) is 17.5. The molecule has 0 amide bonds. The normalized spacial score (nSPS) is 11.0. The molecule has 3 rings (SSSR count). The van der Waals surface area contributed by atoms with Gasteiger partial charge in [0.2, 0.25) is 11.7 Å². The van der Waals surface area contributed by atoms with Gasteiger partial charge in [-0.1, -0.05) is 46.6 Å². The van der Waals surface area contributed by atoms with Crippen molar-refractivity contribution < 1.29 is 9.26 Å². The number of aryl methyl sites for hydroxylation is 1. The van der Waals surface area contributed by atoms with Crippen LogP contribution in [0, 0.1) is 6.92 Å². The predicted octanol–water partition coefficient (Wildman–Crippen LogP) is 4.21. The number of likely N-dealkylation sites (N-methyl/N-ethyl adjacent to an activating group) is 1. The zero-order chi connectivity index (χ0) is 17.6. The molecule has 0 N–H and O–H groups in total. The van der Waals surface area contributed by atoms with Gasteiger partial charge in [0, 0.05) is 17.1 Å². The molecule has 0 bridgehead atoms. The number of halogens is 1. The van der Waals surface area contributed by atoms with E-state index in [1.54, 1.807) is 0 Å². The van der Waals surface area contributed by atoms with Crippen molar-refractivity contribution in [3.8, 4) is 17.1 Å². The average Bonchev–Trinajstić information content (AvgIpc) is 3.05. The molecule has 1 heterocycles. The summed E-state index contributed by atoms with van der Waals surface area (Å²) in [6.07, 6.45) is 0. The van der Waals surface area contributed by atoms with E-state index in [0.717, 1.165) is 17.9 Å². The van der Waals surface area contributed by atoms with Crippen LogP contribution in [0.5, 0.6) is 5.75 Å². The lowest BCUT2D eigenvalue weighted by Crippen LogP contribution is -2.24. The molecular formula is C19H20ClN3O2. The summed E-state index contributed by atoms with van der Waals surface area (Å²) in [5.41, 5.74) is 2.06. The van der Waals surface area contributed by atoms with Crippen molar-refractivity contribution in [2.75, 3.05) is 20.2 Å². The summed E-state index contributed by atoms with van der Waals surface area (Å²) < 4.78 is 11.1. The van der Waals surface area contributed by atoms with Crippen molar-refractivity contribution in [1.82, 2.24) is 15.0 Å². The van der Waals surface area contributed by atoms with Gasteiger partial charge in [-0.05, 0) is 38.2 Å². The van der Waals surface area contributed by atoms with E-state index in [9.17, 15) is 0 Å². The molecule has 0 spiro atoms. The predicted molar refractivity (Wildman–Crippen MR) is 97.8 cm³/mol. The summed E-state index contributed by atoms with van der Waals surface area (Å²) in [5.74, 6) is 1.98. The van der Waals surface area contributed by atoms with Crippen molar-refractivity contribution in [2.24, 2.45) is 0 Å². The second-order valence-corrected chi connectivity index (χ2v) is 6.36. The van der Waals surface area contributed by atoms with Crippen molar-refractivity contribution in [2.45, 2.75) is 13.5 Å². The Hall–Kier alpha value is -2.37. The van der Waals surface area contributed by atoms with Crippen molar-refractivity contribution in [3.63, 3.8) is 0 Å². The van der Waals surface area contributed by atoms with Crippen molar-refractivity contribution >= 4 is 11.6 Å². The smallest absolute Gasteiger partial charge is 0.241 e. The van der Waals surface area contributed by atoms with Gasteiger partial charge in [-0.2, -0.15) is 4.98 Å². The van der Waals surface area contributed by atoms with Gasteiger partial charge in [-0.15, -0.1) is 0 Å². The molecule has 5 nitrogen and oxygen atoms in total. The largest absolute Gasteiger partial charge is 0.492 e. The number of hydrogen-bond acceptors (Lipinski definition) is 5. The van der Waals surface area contributed by atoms with Gasteiger partial charge < -0.3 is 9.26 Å². The van der Waals surface area contributed by atoms with Crippen LogP contribution < -0.4 is 4.74 Å². The van der Waals surface area contributed by atoms with Crippen LogP contribution in [0.4, 0.5) is 0 Å². The third-order valence-electron chi connectivity index (χ3n) is 3.72. The molecule has 0 aliphatic carbocycles. The van der Waals surface area contributed by atoms with Crippen LogP contribution >= 0.6 is 11.6 Å². The Morgan fingerprint density at radius 2 is 1.96 bits per heavy atom. The van der Waals surface area contributed by atoms with E-state index < -0.39 is 0 Å². The quantitative estimate of drug-likeness (QED) is 0.634. The highest BCUT2D eigenvalue weighted by molar-refractivity contribution is 6.30. The fraction of sp³-hybridized carbons (Fsp3) is 0.263. The summed E-state index contributed by atoms with van der Waals surface area (Å²) in [7, 11) is 1.99. The molecule has 25 heavy (non-hydrogen) atoms. The Kier molecular flexibility index (Phi) is 5.68. The van der Waals surface area contributed by atoms with Crippen molar-refractivity contribution in [1.29, 1.82) is 0 Å². The van der Waals surface area contributed by atoms with E-state index in [1.807, 2.05) is 55.6 Å². The van der Waals surface area contributed by atoms with Crippen LogP contribution in [0.1, 0.15) is 11.5 Å². The molecule has 0 aliphatic heterocycles. The summed E-state index contributed by atoms with van der Waals surface area (Å²) in [6, 6.07) is 15.4. The summed E-state index contributed by atoms with van der Waals surface area (Å²) >= 11 is 5.99. The van der Waals surface area contributed by atoms with E-state index in [0.29, 0.717) is 29.9 Å². The standard InChI is InChI=1S/C19H20ClN3O2/c1-14-6-8-17(9-7-14)24-11-10-23(2)13-18-21-19(22-25-18)15-4-3-5-16(20)12-15/h3-9,12H,10-11,13H2,1-2H3. The first-order chi connectivity index (χ1) is 12.1. The van der Waals surface area contributed by atoms with Crippen LogP contribution in [0.3, 0.4) is 0 Å². The molecule has 6 heteroatoms. The lowest BCUT2D eigenvalue weighted by Gasteiger charge is -2.14. The molecule has 0 aliphatic rings. The molecule has 0 saturated carbocycles. The molecule has 130 valence electrons. The van der Waals surface area contributed by atoms with E-state index in [4.69, 9.17) is 20.9 Å². The molecule has 0 unspecified atom stereocenters. The maximum Gasteiger partial charge on any atom is 0.241 e. The number of hydrogen-bond donors (Lipinski definition) is 0. The highest BCUT2D eigenvalue weighted by atomic mass is 35.5. The number of nitrogens with zero attached hydrogens (tertiary/aromatic N) is 3. The second kappa shape index (κ2) is 8.14. The van der Waals surface area contributed by atoms with Crippen LogP contribution in [0.2, 0.25) is 5.02 Å². The van der Waals surface area contributed by atoms with E-state index in [-0.39, 0.29) is 0 Å². The average molecular weight is 358 g/mol. The minimum Gasteiger partial charge on any atom is -0.492 e. The Morgan fingerprint density at radius 1 is 1.16 bits per heavy atom. The minimum absolute atomic E-state index is 0.543. The monoisotopic (exact) mass is 357 g/mol. The molecule has 0 saturated heterocycles. The fourth-order valence-corrected chi connectivity index (χ4v) is 2.52. The molecule has 0 atom stereocenters. The molecule has 3 aromatic rings. The molecule has 2 aromatic carbocycles. The van der Waals surface area contributed by atoms with Gasteiger partial charge in [0.15, 0.2) is 0 Å². The fourth-order valence-electron chi connectivity index (χ4n) is 2.33. The topological polar surface area (TPSA) is 51.4 Å². The van der Waals surface area contributed by atoms with Crippen LogP contribution in [-0.2, 0) is 6.54 Å². The Labute approximate surface area is 152 Å². The minimum atomic E-state index is 0.543. The number of benzene rings is 2. The lowest BCUT2D eigenvalue weighted by molar-refractivity contribution is 0.213. The summed E-state index contributed by atoms with van der Waals surface area (Å²) in [5, 5.41) is 4.66. The highest BCUT2D eigenvalue weighted by Crippen LogP contribution is 2.20. The number of rotatable bonds is 7. The zero-order valence-corrected chi connectivity index (χ0v) is 15.0. The summed E-state index contributed by atoms with van der Waals surface area (Å²) in [4.78, 5) is 6.49. The van der Waals surface area contributed by atoms with Crippen LogP contribution in [0.15, 0.2) is 53.1 Å². The maximum atomic E-state index is 5.99. The van der Waals surface area contributed by atoms with E-state index in [1.165, 1.54) is 5.56 Å². The van der Waals surface area contributed by atoms with Crippen molar-refractivity contribution in [3.05, 3.63) is 65.0 Å². The van der Waals surface area contributed by atoms with E-state index in [2.05, 4.69) is 22.0 Å². The molecule has 0 radical (unpaired) electrons.